The first-order valence-electron chi connectivity index (χ1n) is 35.4. The zero-order chi connectivity index (χ0) is 75.9. The molecule has 2 aliphatic heterocycles. The molecule has 4 N–H and O–H groups in total. The highest BCUT2D eigenvalue weighted by atomic mass is 32.2. The molecule has 4 atom stereocenters. The van der Waals surface area contributed by atoms with E-state index in [0.29, 0.717) is 223 Å². The summed E-state index contributed by atoms with van der Waals surface area (Å²) in [6.07, 6.45) is 3.72. The van der Waals surface area contributed by atoms with Crippen LogP contribution in [0.1, 0.15) is 71.9 Å². The summed E-state index contributed by atoms with van der Waals surface area (Å²) in [5, 5.41) is 8.08. The minimum Gasteiger partial charge on any atom is -0.460 e. The number of aryl methyl sites for hydroxylation is 1. The SMILES string of the molecule is COCCOCCOCCOCCOCCOCCCOCOCCOCCOCCOCCOCCOCCOCCOCCOCCOCCCc1cc(NC(=O)[C@H](C)NC(=O)[C@@H](NC(=O)CN2C(=O)[C@@H](N3C(=O)C=CC3=O)C[C@H]2COCCS(=O)(=O)O)C(C)C)ccc1COC(=O)C(C)(C)C. The molecule has 0 aromatic heterocycles. The lowest BCUT2D eigenvalue weighted by Gasteiger charge is -2.27. The highest BCUT2D eigenvalue weighted by molar-refractivity contribution is 7.85. The minimum absolute atomic E-state index is 0.00801. The zero-order valence-electron chi connectivity index (χ0n) is 61.9. The molecular weight excluding hydrogens is 1390 g/mol. The third-order valence-electron chi connectivity index (χ3n) is 15.0. The van der Waals surface area contributed by atoms with Gasteiger partial charge in [0, 0.05) is 44.6 Å². The molecule has 598 valence electrons. The van der Waals surface area contributed by atoms with Crippen molar-refractivity contribution < 1.29 is 137 Å². The van der Waals surface area contributed by atoms with E-state index in [1.807, 2.05) is 0 Å². The Morgan fingerprint density at radius 3 is 1.38 bits per heavy atom. The monoisotopic (exact) mass is 1510 g/mol. The molecule has 0 spiro atoms. The molecule has 104 heavy (non-hydrogen) atoms. The van der Waals surface area contributed by atoms with Crippen LogP contribution in [0.25, 0.3) is 0 Å². The topological polar surface area (TPSA) is 392 Å². The van der Waals surface area contributed by atoms with Gasteiger partial charge in [0.25, 0.3) is 21.9 Å². The fourth-order valence-corrected chi connectivity index (χ4v) is 9.74. The van der Waals surface area contributed by atoms with Gasteiger partial charge in [0.15, 0.2) is 0 Å². The molecule has 34 nitrogen and oxygen atoms in total. The second-order valence-corrected chi connectivity index (χ2v) is 26.5. The van der Waals surface area contributed by atoms with Crippen LogP contribution in [0.15, 0.2) is 30.4 Å². The predicted octanol–water partition coefficient (Wildman–Crippen LogP) is 1.35. The Kier molecular flexibility index (Phi) is 51.6. The molecule has 0 aliphatic carbocycles. The minimum atomic E-state index is -4.37. The number of hydrogen-bond donors (Lipinski definition) is 4. The van der Waals surface area contributed by atoms with E-state index in [1.54, 1.807) is 59.9 Å². The maximum atomic E-state index is 13.7. The number of nitrogens with zero attached hydrogens (tertiary/aromatic N) is 2. The lowest BCUT2D eigenvalue weighted by molar-refractivity contribution is -0.154. The standard InChI is InChI=1S/C69H117N5O29S/c1-54(2)64(72-61(75)50-73-59(52-100-46-47-104(82,83)84)49-60(67(73)80)74-62(76)13-14-63(74)77)66(79)70-55(3)65(78)71-58-12-11-57(51-103-68(81)69(4,5)6)56(48-58)10-8-15-86-20-22-89-26-28-92-32-33-94-34-35-95-36-37-96-38-39-97-40-41-98-42-43-99-44-45-102-53-101-17-9-16-87-21-23-90-27-29-93-31-30-91-25-24-88-19-18-85-7/h11-14,48,54-55,59-60,64H,8-10,15-47,49-53H2,1-7H3,(H,70,79)(H,71,78)(H,72,75)(H,82,83,84)/t55-,59-,60-,64-/m0/s1. The Balaban J connectivity index is 1.16. The molecule has 6 amide bonds. The molecule has 1 fully saturated rings. The number of imide groups is 1. The first-order valence-corrected chi connectivity index (χ1v) is 37.0. The van der Waals surface area contributed by atoms with Crippen LogP contribution in [-0.2, 0) is 147 Å². The second-order valence-electron chi connectivity index (χ2n) is 24.9. The summed E-state index contributed by atoms with van der Waals surface area (Å²) < 4.78 is 136. The maximum Gasteiger partial charge on any atom is 0.311 e. The summed E-state index contributed by atoms with van der Waals surface area (Å²) in [5.74, 6) is -5.90. The molecule has 0 bridgehead atoms. The molecule has 1 aromatic carbocycles. The Morgan fingerprint density at radius 1 is 0.529 bits per heavy atom. The van der Waals surface area contributed by atoms with Gasteiger partial charge in [0.2, 0.25) is 23.6 Å². The van der Waals surface area contributed by atoms with E-state index in [0.717, 1.165) is 39.5 Å². The van der Waals surface area contributed by atoms with Gasteiger partial charge >= 0.3 is 5.97 Å². The fourth-order valence-electron chi connectivity index (χ4n) is 9.41. The molecule has 1 aromatic rings. The van der Waals surface area contributed by atoms with Crippen molar-refractivity contribution in [2.24, 2.45) is 11.3 Å². The number of benzene rings is 1. The molecular formula is C69H117N5O29S. The normalized spacial score (nSPS) is 15.4. The van der Waals surface area contributed by atoms with Crippen molar-refractivity contribution in [2.45, 2.75) is 98.0 Å². The van der Waals surface area contributed by atoms with Gasteiger partial charge < -0.3 is 111 Å². The van der Waals surface area contributed by atoms with Gasteiger partial charge in [-0.3, -0.25) is 43.0 Å². The van der Waals surface area contributed by atoms with Crippen LogP contribution in [0, 0.1) is 11.3 Å². The van der Waals surface area contributed by atoms with Crippen molar-refractivity contribution >= 4 is 57.2 Å². The van der Waals surface area contributed by atoms with Crippen LogP contribution in [0.3, 0.4) is 0 Å². The van der Waals surface area contributed by atoms with Crippen molar-refractivity contribution in [1.82, 2.24) is 20.4 Å². The molecule has 0 radical (unpaired) electrons. The third-order valence-corrected chi connectivity index (χ3v) is 15.7. The maximum absolute atomic E-state index is 13.7. The summed E-state index contributed by atoms with van der Waals surface area (Å²) in [6.45, 7) is 23.0. The number of rotatable bonds is 68. The van der Waals surface area contributed by atoms with E-state index in [1.165, 1.54) is 6.92 Å². The van der Waals surface area contributed by atoms with Crippen molar-refractivity contribution in [1.29, 1.82) is 0 Å². The average molecular weight is 1510 g/mol. The molecule has 1 saturated heterocycles. The van der Waals surface area contributed by atoms with E-state index in [2.05, 4.69) is 16.0 Å². The fraction of sp³-hybridized carbons (Fsp3) is 0.783. The Labute approximate surface area is 612 Å². The molecule has 2 heterocycles. The largest absolute Gasteiger partial charge is 0.460 e. The average Bonchev–Trinajstić information content (AvgIpc) is 1.63. The van der Waals surface area contributed by atoms with Crippen molar-refractivity contribution in [2.75, 3.05) is 250 Å². The van der Waals surface area contributed by atoms with Crippen LogP contribution < -0.4 is 16.0 Å². The Bertz CT molecular complexity index is 2660. The predicted molar refractivity (Wildman–Crippen MR) is 374 cm³/mol. The van der Waals surface area contributed by atoms with Crippen molar-refractivity contribution in [3.8, 4) is 0 Å². The van der Waals surface area contributed by atoms with Gasteiger partial charge in [0.05, 0.1) is 229 Å². The number of carbonyl (C=O) groups excluding carboxylic acids is 7. The van der Waals surface area contributed by atoms with E-state index in [4.69, 9.17) is 94.6 Å². The van der Waals surface area contributed by atoms with Gasteiger partial charge in [-0.05, 0) is 76.1 Å². The Morgan fingerprint density at radius 2 is 0.942 bits per heavy atom. The third kappa shape index (κ3) is 44.7. The quantitative estimate of drug-likeness (QED) is 0.0235. The highest BCUT2D eigenvalue weighted by Crippen LogP contribution is 2.27. The summed E-state index contributed by atoms with van der Waals surface area (Å²) in [7, 11) is -2.73. The number of likely N-dealkylation sites (tertiary alicyclic amines) is 1. The van der Waals surface area contributed by atoms with Gasteiger partial charge in [-0.25, -0.2) is 0 Å². The van der Waals surface area contributed by atoms with E-state index < -0.39 is 100.0 Å². The summed E-state index contributed by atoms with van der Waals surface area (Å²) in [5.41, 5.74) is 1.18. The summed E-state index contributed by atoms with van der Waals surface area (Å²) >= 11 is 0. The lowest BCUT2D eigenvalue weighted by atomic mass is 9.97. The molecule has 3 rings (SSSR count). The van der Waals surface area contributed by atoms with Crippen LogP contribution >= 0.6 is 0 Å². The highest BCUT2D eigenvalue weighted by Gasteiger charge is 2.47. The number of nitrogens with one attached hydrogen (secondary N) is 3. The van der Waals surface area contributed by atoms with Crippen molar-refractivity contribution in [3.63, 3.8) is 0 Å². The number of amides is 6. The molecule has 2 aliphatic rings. The van der Waals surface area contributed by atoms with E-state index >= 15 is 0 Å². The van der Waals surface area contributed by atoms with E-state index in [9.17, 15) is 42.0 Å². The molecule has 0 unspecified atom stereocenters. The number of esters is 1. The number of hydrogen-bond acceptors (Lipinski definition) is 28. The van der Waals surface area contributed by atoms with Gasteiger partial charge in [-0.1, -0.05) is 19.9 Å². The second kappa shape index (κ2) is 57.8. The van der Waals surface area contributed by atoms with Crippen LogP contribution in [-0.4, -0.2) is 333 Å². The van der Waals surface area contributed by atoms with Gasteiger partial charge in [-0.15, -0.1) is 0 Å². The lowest BCUT2D eigenvalue weighted by Crippen LogP contribution is -2.56. The first-order chi connectivity index (χ1) is 50.1. The van der Waals surface area contributed by atoms with Gasteiger partial charge in [0.1, 0.15) is 31.5 Å². The smallest absolute Gasteiger partial charge is 0.311 e. The van der Waals surface area contributed by atoms with Crippen molar-refractivity contribution in [3.05, 3.63) is 41.5 Å². The summed E-state index contributed by atoms with van der Waals surface area (Å²) in [4.78, 5) is 94.0. The zero-order valence-corrected chi connectivity index (χ0v) is 62.8. The van der Waals surface area contributed by atoms with E-state index in [-0.39, 0.29) is 32.4 Å². The number of carbonyl (C=O) groups is 7. The van der Waals surface area contributed by atoms with Crippen LogP contribution in [0.2, 0.25) is 0 Å². The molecule has 0 saturated carbocycles. The first kappa shape index (κ1) is 92.8. The molecule has 35 heteroatoms. The van der Waals surface area contributed by atoms with Crippen LogP contribution in [0.4, 0.5) is 5.69 Å². The number of methoxy groups -OCH3 is 1. The summed E-state index contributed by atoms with van der Waals surface area (Å²) in [6, 6.07) is 0.675. The van der Waals surface area contributed by atoms with Gasteiger partial charge in [-0.2, -0.15) is 8.42 Å². The number of ether oxygens (including phenoxy) is 19. The Hall–Kier alpha value is -5.36. The van der Waals surface area contributed by atoms with Crippen LogP contribution in [0.5, 0.6) is 0 Å². The number of anilines is 1.